The Bertz CT molecular complexity index is 182. The van der Waals surface area contributed by atoms with Crippen LogP contribution in [0, 0.1) is 5.63 Å². The number of ether oxygens (including phenoxy) is 1. The van der Waals surface area contributed by atoms with Crippen LogP contribution in [-0.2, 0) is 21.3 Å². The Balaban J connectivity index is 3.46. The van der Waals surface area contributed by atoms with Crippen molar-refractivity contribution in [1.82, 2.24) is 0 Å². The molecule has 50 valence electrons. The molecule has 2 nitrogen and oxygen atoms in total. The van der Waals surface area contributed by atoms with Gasteiger partial charge in [0.2, 0.25) is 0 Å². The number of hydrogen-bond acceptors (Lipinski definition) is 3. The van der Waals surface area contributed by atoms with Crippen molar-refractivity contribution >= 4 is 24.6 Å². The van der Waals surface area contributed by atoms with Gasteiger partial charge in [-0.05, 0) is 0 Å². The standard InChI is InChI=1S/C5H7O2PS/c1-2-7-5(6)3-4-8-9/h2-3H2,1H3. The molecule has 0 aromatic rings. The van der Waals surface area contributed by atoms with Crippen LogP contribution < -0.4 is 0 Å². The van der Waals surface area contributed by atoms with E-state index < -0.39 is 0 Å². The van der Waals surface area contributed by atoms with Gasteiger partial charge >= 0.3 is 59.7 Å². The molecule has 0 N–H and O–H groups in total. The summed E-state index contributed by atoms with van der Waals surface area (Å²) in [5.74, 6) is -0.255. The Labute approximate surface area is 60.3 Å². The second-order valence-corrected chi connectivity index (χ2v) is 2.28. The number of carbonyl (C=O) groups is 1. The number of rotatable bonds is 2. The third-order valence-electron chi connectivity index (χ3n) is 0.593. The maximum absolute atomic E-state index is 10.5. The molecule has 9 heavy (non-hydrogen) atoms. The van der Waals surface area contributed by atoms with Crippen LogP contribution in [0.15, 0.2) is 0 Å². The van der Waals surface area contributed by atoms with Crippen molar-refractivity contribution in [3.8, 4) is 5.63 Å². The SMILES string of the molecule is CCOC(=O)CC#P=S. The van der Waals surface area contributed by atoms with Gasteiger partial charge in [-0.15, -0.1) is 0 Å². The Morgan fingerprint density at radius 1 is 1.89 bits per heavy atom. The number of esters is 1. The molecule has 0 spiro atoms. The first kappa shape index (κ1) is 8.90. The van der Waals surface area contributed by atoms with Crippen LogP contribution in [0.25, 0.3) is 0 Å². The van der Waals surface area contributed by atoms with Gasteiger partial charge in [0.15, 0.2) is 0 Å². The summed E-state index contributed by atoms with van der Waals surface area (Å²) in [4.78, 5) is 10.5. The summed E-state index contributed by atoms with van der Waals surface area (Å²) in [6.07, 6.45) is 0.207. The fourth-order valence-corrected chi connectivity index (χ4v) is 0.696. The van der Waals surface area contributed by atoms with E-state index in [-0.39, 0.29) is 12.4 Å². The normalized spacial score (nSPS) is 7.67. The fourth-order valence-electron chi connectivity index (χ4n) is 0.309. The summed E-state index contributed by atoms with van der Waals surface area (Å²) in [6, 6.07) is 0. The molecule has 0 aromatic heterocycles. The van der Waals surface area contributed by atoms with Crippen LogP contribution >= 0.6 is 6.81 Å². The van der Waals surface area contributed by atoms with Crippen molar-refractivity contribution < 1.29 is 9.53 Å². The average molecular weight is 162 g/mol. The van der Waals surface area contributed by atoms with E-state index in [0.29, 0.717) is 13.4 Å². The average Bonchev–Trinajstić information content (AvgIpc) is 1.85. The van der Waals surface area contributed by atoms with Crippen molar-refractivity contribution in [3.63, 3.8) is 0 Å². The van der Waals surface area contributed by atoms with Crippen LogP contribution in [0.5, 0.6) is 0 Å². The minimum atomic E-state index is -0.255. The van der Waals surface area contributed by atoms with E-state index in [9.17, 15) is 4.79 Å². The van der Waals surface area contributed by atoms with Crippen LogP contribution in [0.2, 0.25) is 0 Å². The van der Waals surface area contributed by atoms with Crippen molar-refractivity contribution in [2.24, 2.45) is 0 Å². The molecular weight excluding hydrogens is 155 g/mol. The summed E-state index contributed by atoms with van der Waals surface area (Å²) in [5.41, 5.74) is 2.65. The predicted molar refractivity (Wildman–Crippen MR) is 39.4 cm³/mol. The molecule has 0 aromatic carbocycles. The molecule has 0 radical (unpaired) electrons. The maximum atomic E-state index is 10.5. The third kappa shape index (κ3) is 5.78. The molecule has 0 rings (SSSR count). The van der Waals surface area contributed by atoms with Crippen LogP contribution in [0.1, 0.15) is 13.3 Å². The van der Waals surface area contributed by atoms with E-state index in [1.165, 1.54) is 0 Å². The van der Waals surface area contributed by atoms with Crippen molar-refractivity contribution in [1.29, 1.82) is 0 Å². The third-order valence-corrected chi connectivity index (χ3v) is 1.27. The van der Waals surface area contributed by atoms with E-state index >= 15 is 0 Å². The second-order valence-electron chi connectivity index (χ2n) is 1.23. The molecule has 0 unspecified atom stereocenters. The Hall–Kier alpha value is -0.100. The van der Waals surface area contributed by atoms with E-state index in [0.717, 1.165) is 0 Å². The van der Waals surface area contributed by atoms with E-state index in [4.69, 9.17) is 0 Å². The number of carbonyl (C=O) groups excluding carboxylic acids is 1. The van der Waals surface area contributed by atoms with Crippen LogP contribution in [0.3, 0.4) is 0 Å². The van der Waals surface area contributed by atoms with E-state index in [2.05, 4.69) is 22.2 Å². The van der Waals surface area contributed by atoms with Gasteiger partial charge in [-0.25, -0.2) is 0 Å². The molecule has 0 aliphatic rings. The van der Waals surface area contributed by atoms with Gasteiger partial charge in [-0.1, -0.05) is 0 Å². The fraction of sp³-hybridized carbons (Fsp3) is 0.600. The van der Waals surface area contributed by atoms with E-state index in [1.54, 1.807) is 6.92 Å². The van der Waals surface area contributed by atoms with Gasteiger partial charge in [0, 0.05) is 0 Å². The zero-order valence-corrected chi connectivity index (χ0v) is 6.80. The first-order valence-electron chi connectivity index (χ1n) is 2.52. The van der Waals surface area contributed by atoms with Gasteiger partial charge in [-0.3, -0.25) is 0 Å². The molecule has 0 aliphatic carbocycles. The van der Waals surface area contributed by atoms with E-state index in [1.807, 2.05) is 0 Å². The Morgan fingerprint density at radius 2 is 2.56 bits per heavy atom. The summed E-state index contributed by atoms with van der Waals surface area (Å²) in [7, 11) is 0. The topological polar surface area (TPSA) is 26.3 Å². The zero-order valence-electron chi connectivity index (χ0n) is 5.09. The summed E-state index contributed by atoms with van der Waals surface area (Å²) in [6.45, 7) is 2.78. The van der Waals surface area contributed by atoms with Gasteiger partial charge in [-0.2, -0.15) is 0 Å². The quantitative estimate of drug-likeness (QED) is 0.452. The van der Waals surface area contributed by atoms with Crippen molar-refractivity contribution in [2.45, 2.75) is 13.3 Å². The Morgan fingerprint density at radius 3 is 3.00 bits per heavy atom. The minimum absolute atomic E-state index is 0.207. The number of hydrogen-bond donors (Lipinski definition) is 0. The molecule has 0 atom stereocenters. The molecule has 0 amide bonds. The first-order valence-corrected chi connectivity index (χ1v) is 4.43. The molecular formula is C5H7O2PS. The molecule has 0 heterocycles. The summed E-state index contributed by atoms with van der Waals surface area (Å²) in [5, 5.41) is 0. The van der Waals surface area contributed by atoms with Crippen LogP contribution in [0.4, 0.5) is 0 Å². The van der Waals surface area contributed by atoms with Gasteiger partial charge in [0.05, 0.1) is 0 Å². The molecule has 0 saturated carbocycles. The molecule has 0 fully saturated rings. The predicted octanol–water partition coefficient (Wildman–Crippen LogP) is 1.31. The first-order chi connectivity index (χ1) is 4.31. The monoisotopic (exact) mass is 162 g/mol. The molecule has 4 heteroatoms. The summed E-state index contributed by atoms with van der Waals surface area (Å²) < 4.78 is 4.59. The van der Waals surface area contributed by atoms with Gasteiger partial charge < -0.3 is 0 Å². The molecule has 0 aliphatic heterocycles. The van der Waals surface area contributed by atoms with Crippen LogP contribution in [-0.4, -0.2) is 12.6 Å². The van der Waals surface area contributed by atoms with Crippen molar-refractivity contribution in [2.75, 3.05) is 6.61 Å². The zero-order chi connectivity index (χ0) is 7.11. The van der Waals surface area contributed by atoms with Crippen molar-refractivity contribution in [3.05, 3.63) is 0 Å². The second kappa shape index (κ2) is 6.03. The van der Waals surface area contributed by atoms with Gasteiger partial charge in [0.1, 0.15) is 0 Å². The molecule has 0 bridgehead atoms. The Kier molecular flexibility index (Phi) is 5.96. The molecule has 0 saturated heterocycles. The summed E-state index contributed by atoms with van der Waals surface area (Å²) >= 11 is 4.51. The van der Waals surface area contributed by atoms with Gasteiger partial charge in [0.25, 0.3) is 0 Å².